The number of hydrogen-bond donors (Lipinski definition) is 0. The summed E-state index contributed by atoms with van der Waals surface area (Å²) in [6, 6.07) is 7.60. The minimum absolute atomic E-state index is 0.118. The van der Waals surface area contributed by atoms with Gasteiger partial charge in [-0.25, -0.2) is 17.6 Å². The van der Waals surface area contributed by atoms with Gasteiger partial charge in [-0.1, -0.05) is 18.2 Å². The molecular formula is C18H11F4NO3. The number of hydrogen-bond acceptors (Lipinski definition) is 3. The molecule has 0 unspecified atom stereocenters. The van der Waals surface area contributed by atoms with Crippen LogP contribution >= 0.6 is 0 Å². The maximum atomic E-state index is 14.3. The summed E-state index contributed by atoms with van der Waals surface area (Å²) >= 11 is 0. The van der Waals surface area contributed by atoms with Crippen molar-refractivity contribution < 1.29 is 31.9 Å². The maximum Gasteiger partial charge on any atom is 0.302 e. The van der Waals surface area contributed by atoms with Crippen molar-refractivity contribution in [1.29, 1.82) is 0 Å². The highest BCUT2D eigenvalue weighted by Crippen LogP contribution is 2.32. The van der Waals surface area contributed by atoms with E-state index in [1.165, 1.54) is 12.1 Å². The van der Waals surface area contributed by atoms with Gasteiger partial charge in [0, 0.05) is 29.6 Å². The molecule has 0 amide bonds. The molecule has 0 saturated heterocycles. The first-order valence-electron chi connectivity index (χ1n) is 7.42. The van der Waals surface area contributed by atoms with E-state index in [9.17, 15) is 27.2 Å². The van der Waals surface area contributed by atoms with Crippen LogP contribution in [0.3, 0.4) is 0 Å². The molecule has 0 N–H and O–H groups in total. The molecule has 3 aromatic rings. The summed E-state index contributed by atoms with van der Waals surface area (Å²) < 4.78 is 61.3. The molecule has 0 atom stereocenters. The molecule has 1 aromatic heterocycles. The lowest BCUT2D eigenvalue weighted by Gasteiger charge is -2.07. The van der Waals surface area contributed by atoms with Gasteiger partial charge in [-0.15, -0.1) is 0 Å². The molecule has 0 aliphatic carbocycles. The maximum absolute atomic E-state index is 14.3. The smallest absolute Gasteiger partial charge is 0.302 e. The Morgan fingerprint density at radius 2 is 1.58 bits per heavy atom. The number of ether oxygens (including phenoxy) is 1. The number of aromatic nitrogens is 1. The van der Waals surface area contributed by atoms with E-state index in [1.807, 2.05) is 0 Å². The molecule has 0 radical (unpaired) electrons. The third kappa shape index (κ3) is 2.83. The van der Waals surface area contributed by atoms with Gasteiger partial charge in [0.05, 0.1) is 5.52 Å². The summed E-state index contributed by atoms with van der Waals surface area (Å²) in [7, 11) is 0. The van der Waals surface area contributed by atoms with Gasteiger partial charge in [0.2, 0.25) is 0 Å². The van der Waals surface area contributed by atoms with Crippen LogP contribution in [-0.2, 0) is 16.1 Å². The number of halogens is 4. The fraction of sp³-hybridized carbons (Fsp3) is 0.111. The first kappa shape index (κ1) is 17.7. The van der Waals surface area contributed by atoms with Gasteiger partial charge < -0.3 is 4.74 Å². The molecule has 0 aliphatic rings. The fourth-order valence-electron chi connectivity index (χ4n) is 2.59. The van der Waals surface area contributed by atoms with Gasteiger partial charge in [-0.2, -0.15) is 0 Å². The third-order valence-corrected chi connectivity index (χ3v) is 3.76. The summed E-state index contributed by atoms with van der Waals surface area (Å²) in [5, 5.41) is -0.660. The van der Waals surface area contributed by atoms with Crippen LogP contribution in [0, 0.1) is 23.3 Å². The van der Waals surface area contributed by atoms with Gasteiger partial charge in [-0.05, 0) is 12.1 Å². The van der Waals surface area contributed by atoms with E-state index < -0.39 is 52.7 Å². The van der Waals surface area contributed by atoms with Crippen molar-refractivity contribution in [3.8, 4) is 0 Å². The minimum Gasteiger partial charge on any atom is -0.461 e. The molecule has 8 heteroatoms. The van der Waals surface area contributed by atoms with Crippen molar-refractivity contribution in [3.63, 3.8) is 0 Å². The largest absolute Gasteiger partial charge is 0.461 e. The third-order valence-electron chi connectivity index (χ3n) is 3.76. The molecule has 0 spiro atoms. The zero-order valence-electron chi connectivity index (χ0n) is 13.4. The molecule has 1 heterocycles. The van der Waals surface area contributed by atoms with Crippen molar-refractivity contribution in [2.45, 2.75) is 13.5 Å². The second-order valence-corrected chi connectivity index (χ2v) is 5.46. The number of esters is 1. The monoisotopic (exact) mass is 365 g/mol. The molecule has 0 fully saturated rings. The molecule has 4 nitrogen and oxygen atoms in total. The van der Waals surface area contributed by atoms with Gasteiger partial charge in [0.15, 0.2) is 23.3 Å². The lowest BCUT2D eigenvalue weighted by atomic mass is 10.1. The lowest BCUT2D eigenvalue weighted by Crippen LogP contribution is -2.12. The van der Waals surface area contributed by atoms with Gasteiger partial charge in [0.1, 0.15) is 6.61 Å². The molecule has 2 aromatic carbocycles. The molecule has 0 bridgehead atoms. The quantitative estimate of drug-likeness (QED) is 0.306. The fourth-order valence-corrected chi connectivity index (χ4v) is 2.59. The number of fused-ring (bicyclic) bond motifs is 1. The number of benzene rings is 2. The SMILES string of the molecule is CC(=O)OCc1cn(C(=O)c2ccccc2)c2c(F)c(F)c(F)c(F)c12. The van der Waals surface area contributed by atoms with Crippen LogP contribution in [-0.4, -0.2) is 16.4 Å². The number of carbonyl (C=O) groups excluding carboxylic acids is 2. The van der Waals surface area contributed by atoms with Gasteiger partial charge >= 0.3 is 5.97 Å². The second kappa shape index (κ2) is 6.62. The van der Waals surface area contributed by atoms with E-state index in [2.05, 4.69) is 0 Å². The second-order valence-electron chi connectivity index (χ2n) is 5.46. The number of rotatable bonds is 3. The predicted octanol–water partition coefficient (Wildman–Crippen LogP) is 3.95. The molecule has 3 rings (SSSR count). The van der Waals surface area contributed by atoms with Gasteiger partial charge in [0.25, 0.3) is 5.91 Å². The van der Waals surface area contributed by atoms with Crippen LogP contribution in [0.5, 0.6) is 0 Å². The van der Waals surface area contributed by atoms with E-state index in [0.29, 0.717) is 4.57 Å². The van der Waals surface area contributed by atoms with Crippen LogP contribution in [0.15, 0.2) is 36.5 Å². The highest BCUT2D eigenvalue weighted by molar-refractivity contribution is 6.03. The van der Waals surface area contributed by atoms with E-state index in [0.717, 1.165) is 13.1 Å². The standard InChI is InChI=1S/C18H11F4NO3/c1-9(24)26-8-11-7-23(18(25)10-5-3-2-4-6-10)17-12(11)13(19)14(20)15(21)16(17)22/h2-7H,8H2,1H3. The van der Waals surface area contributed by atoms with Crippen LogP contribution in [0.4, 0.5) is 17.6 Å². The highest BCUT2D eigenvalue weighted by Gasteiger charge is 2.28. The minimum atomic E-state index is -2.03. The number of nitrogens with zero attached hydrogens (tertiary/aromatic N) is 1. The van der Waals surface area contributed by atoms with Crippen molar-refractivity contribution in [1.82, 2.24) is 4.57 Å². The van der Waals surface area contributed by atoms with Crippen molar-refractivity contribution >= 4 is 22.8 Å². The summed E-state index contributed by atoms with van der Waals surface area (Å²) in [6.45, 7) is 0.549. The van der Waals surface area contributed by atoms with Crippen LogP contribution in [0.1, 0.15) is 22.8 Å². The Kier molecular flexibility index (Phi) is 4.50. The van der Waals surface area contributed by atoms with Crippen molar-refractivity contribution in [2.75, 3.05) is 0 Å². The topological polar surface area (TPSA) is 48.3 Å². The van der Waals surface area contributed by atoms with E-state index >= 15 is 0 Å². The summed E-state index contributed by atoms with van der Waals surface area (Å²) in [4.78, 5) is 23.6. The Morgan fingerprint density at radius 3 is 2.19 bits per heavy atom. The Balaban J connectivity index is 2.29. The molecule has 26 heavy (non-hydrogen) atoms. The Bertz CT molecular complexity index is 1030. The zero-order chi connectivity index (χ0) is 19.0. The molecule has 134 valence electrons. The highest BCUT2D eigenvalue weighted by atomic mass is 19.2. The van der Waals surface area contributed by atoms with Crippen LogP contribution in [0.25, 0.3) is 10.9 Å². The zero-order valence-corrected chi connectivity index (χ0v) is 13.4. The van der Waals surface area contributed by atoms with Crippen molar-refractivity contribution in [2.24, 2.45) is 0 Å². The first-order chi connectivity index (χ1) is 12.3. The van der Waals surface area contributed by atoms with Crippen molar-refractivity contribution in [3.05, 3.63) is 70.9 Å². The average molecular weight is 365 g/mol. The lowest BCUT2D eigenvalue weighted by molar-refractivity contribution is -0.142. The first-order valence-corrected chi connectivity index (χ1v) is 7.42. The van der Waals surface area contributed by atoms with E-state index in [-0.39, 0.29) is 11.1 Å². The molecule has 0 aliphatic heterocycles. The normalized spacial score (nSPS) is 11.0. The molecule has 0 saturated carbocycles. The number of carbonyl (C=O) groups is 2. The van der Waals surface area contributed by atoms with Gasteiger partial charge in [-0.3, -0.25) is 14.2 Å². The predicted molar refractivity (Wildman–Crippen MR) is 83.4 cm³/mol. The Morgan fingerprint density at radius 1 is 0.962 bits per heavy atom. The Hall–Kier alpha value is -3.16. The summed E-state index contributed by atoms with van der Waals surface area (Å²) in [5.41, 5.74) is -0.819. The Labute approximate surface area is 144 Å². The van der Waals surface area contributed by atoms with Crippen LogP contribution in [0.2, 0.25) is 0 Å². The van der Waals surface area contributed by atoms with E-state index in [4.69, 9.17) is 4.74 Å². The summed E-state index contributed by atoms with van der Waals surface area (Å²) in [5.74, 6) is -8.92. The van der Waals surface area contributed by atoms with Crippen LogP contribution < -0.4 is 0 Å². The average Bonchev–Trinajstić information content (AvgIpc) is 3.02. The van der Waals surface area contributed by atoms with E-state index in [1.54, 1.807) is 18.2 Å². The summed E-state index contributed by atoms with van der Waals surface area (Å²) in [6.07, 6.45) is 0.994. The molecular weight excluding hydrogens is 354 g/mol.